The van der Waals surface area contributed by atoms with Crippen molar-refractivity contribution in [1.29, 1.82) is 0 Å². The van der Waals surface area contributed by atoms with E-state index in [9.17, 15) is 4.79 Å². The minimum atomic E-state index is -0.525. The minimum Gasteiger partial charge on any atom is -0.366 e. The molecule has 1 saturated carbocycles. The van der Waals surface area contributed by atoms with Gasteiger partial charge < -0.3 is 19.9 Å². The van der Waals surface area contributed by atoms with Gasteiger partial charge in [-0.3, -0.25) is 9.69 Å². The molecule has 2 N–H and O–H groups in total. The van der Waals surface area contributed by atoms with Crippen LogP contribution in [0.25, 0.3) is 0 Å². The van der Waals surface area contributed by atoms with E-state index in [1.54, 1.807) is 0 Å². The normalized spacial score (nSPS) is 23.1. The third-order valence-corrected chi connectivity index (χ3v) is 5.19. The molecule has 2 fully saturated rings. The summed E-state index contributed by atoms with van der Waals surface area (Å²) in [5, 5.41) is 10.6. The van der Waals surface area contributed by atoms with Gasteiger partial charge in [-0.15, -0.1) is 0 Å². The van der Waals surface area contributed by atoms with Crippen LogP contribution in [0.1, 0.15) is 51.2 Å². The number of carbonyl (C=O) groups excluding carboxylic acids is 1. The molecule has 2 heterocycles. The van der Waals surface area contributed by atoms with E-state index >= 15 is 0 Å². The monoisotopic (exact) mass is 351 g/mol. The highest BCUT2D eigenvalue weighted by Crippen LogP contribution is 2.37. The molecule has 3 rings (SSSR count). The summed E-state index contributed by atoms with van der Waals surface area (Å²) in [6.07, 6.45) is 3.31. The van der Waals surface area contributed by atoms with Gasteiger partial charge in [0.05, 0.1) is 13.2 Å². The van der Waals surface area contributed by atoms with E-state index in [0.717, 1.165) is 45.3 Å². The standard InChI is InChI=1S/C17H29N5O3/c1-3-22(4-2)12-14-19-16(21-25-14)17(7-5-6-8-17)20-15(23)13-11-18-9-10-24-13/h13,18H,3-12H2,1-2H3,(H,20,23). The summed E-state index contributed by atoms with van der Waals surface area (Å²) < 4.78 is 11.0. The van der Waals surface area contributed by atoms with Crippen LogP contribution < -0.4 is 10.6 Å². The van der Waals surface area contributed by atoms with Crippen LogP contribution >= 0.6 is 0 Å². The number of aromatic nitrogens is 2. The second-order valence-corrected chi connectivity index (χ2v) is 6.82. The molecular formula is C17H29N5O3. The van der Waals surface area contributed by atoms with Crippen molar-refractivity contribution < 1.29 is 14.1 Å². The van der Waals surface area contributed by atoms with Gasteiger partial charge in [-0.25, -0.2) is 0 Å². The quantitative estimate of drug-likeness (QED) is 0.750. The first-order chi connectivity index (χ1) is 12.2. The highest BCUT2D eigenvalue weighted by Gasteiger charge is 2.42. The Bertz CT molecular complexity index is 560. The number of hydrogen-bond donors (Lipinski definition) is 2. The highest BCUT2D eigenvalue weighted by molar-refractivity contribution is 5.82. The molecule has 8 nitrogen and oxygen atoms in total. The summed E-state index contributed by atoms with van der Waals surface area (Å²) in [4.78, 5) is 19.5. The molecule has 2 aliphatic rings. The molecule has 0 bridgehead atoms. The van der Waals surface area contributed by atoms with Crippen LogP contribution in [0.15, 0.2) is 4.52 Å². The molecule has 1 aromatic heterocycles. The zero-order chi connectivity index (χ0) is 17.7. The Morgan fingerprint density at radius 2 is 2.12 bits per heavy atom. The smallest absolute Gasteiger partial charge is 0.251 e. The van der Waals surface area contributed by atoms with Crippen molar-refractivity contribution >= 4 is 5.91 Å². The molecule has 1 aromatic rings. The Hall–Kier alpha value is -1.51. The van der Waals surface area contributed by atoms with Gasteiger partial charge in [0.2, 0.25) is 5.89 Å². The Morgan fingerprint density at radius 3 is 2.76 bits per heavy atom. The molecule has 140 valence electrons. The van der Waals surface area contributed by atoms with Gasteiger partial charge in [-0.2, -0.15) is 4.98 Å². The maximum atomic E-state index is 12.6. The van der Waals surface area contributed by atoms with Crippen molar-refractivity contribution in [1.82, 2.24) is 25.7 Å². The van der Waals surface area contributed by atoms with Crippen molar-refractivity contribution in [2.24, 2.45) is 0 Å². The van der Waals surface area contributed by atoms with Gasteiger partial charge in [0, 0.05) is 13.1 Å². The maximum Gasteiger partial charge on any atom is 0.251 e. The van der Waals surface area contributed by atoms with E-state index in [1.807, 2.05) is 0 Å². The van der Waals surface area contributed by atoms with E-state index in [-0.39, 0.29) is 5.91 Å². The van der Waals surface area contributed by atoms with Gasteiger partial charge >= 0.3 is 0 Å². The van der Waals surface area contributed by atoms with E-state index < -0.39 is 11.6 Å². The predicted octanol–water partition coefficient (Wildman–Crippen LogP) is 0.785. The van der Waals surface area contributed by atoms with Crippen molar-refractivity contribution in [3.63, 3.8) is 0 Å². The van der Waals surface area contributed by atoms with Crippen LogP contribution in [-0.4, -0.2) is 59.8 Å². The SMILES string of the molecule is CCN(CC)Cc1nc(C2(NC(=O)C3CNCCO3)CCCC2)no1. The average molecular weight is 351 g/mol. The molecule has 1 aliphatic heterocycles. The fourth-order valence-corrected chi connectivity index (χ4v) is 3.59. The van der Waals surface area contributed by atoms with Crippen molar-refractivity contribution in [3.8, 4) is 0 Å². The number of rotatable bonds is 7. The van der Waals surface area contributed by atoms with Crippen LogP contribution in [0.2, 0.25) is 0 Å². The first-order valence-electron chi connectivity index (χ1n) is 9.36. The van der Waals surface area contributed by atoms with Crippen molar-refractivity contribution in [3.05, 3.63) is 11.7 Å². The fourth-order valence-electron chi connectivity index (χ4n) is 3.59. The van der Waals surface area contributed by atoms with Gasteiger partial charge in [0.15, 0.2) is 5.82 Å². The minimum absolute atomic E-state index is 0.0933. The van der Waals surface area contributed by atoms with Crippen molar-refractivity contribution in [2.45, 2.75) is 57.7 Å². The first-order valence-corrected chi connectivity index (χ1v) is 9.36. The Labute approximate surface area is 148 Å². The highest BCUT2D eigenvalue weighted by atomic mass is 16.5. The molecule has 0 radical (unpaired) electrons. The predicted molar refractivity (Wildman–Crippen MR) is 91.8 cm³/mol. The summed E-state index contributed by atoms with van der Waals surface area (Å²) in [6, 6.07) is 0. The van der Waals surface area contributed by atoms with Gasteiger partial charge in [-0.1, -0.05) is 31.8 Å². The summed E-state index contributed by atoms with van der Waals surface area (Å²) >= 11 is 0. The summed E-state index contributed by atoms with van der Waals surface area (Å²) in [7, 11) is 0. The lowest BCUT2D eigenvalue weighted by Gasteiger charge is -2.30. The molecule has 1 saturated heterocycles. The Kier molecular flexibility index (Phi) is 6.03. The summed E-state index contributed by atoms with van der Waals surface area (Å²) in [6.45, 7) is 8.61. The van der Waals surface area contributed by atoms with Crippen LogP contribution in [0.3, 0.4) is 0 Å². The second-order valence-electron chi connectivity index (χ2n) is 6.82. The van der Waals surface area contributed by atoms with Crippen molar-refractivity contribution in [2.75, 3.05) is 32.8 Å². The number of hydrogen-bond acceptors (Lipinski definition) is 7. The maximum absolute atomic E-state index is 12.6. The van der Waals surface area contributed by atoms with Gasteiger partial charge in [0.25, 0.3) is 5.91 Å². The van der Waals surface area contributed by atoms with E-state index in [4.69, 9.17) is 9.26 Å². The zero-order valence-corrected chi connectivity index (χ0v) is 15.2. The Morgan fingerprint density at radius 1 is 1.36 bits per heavy atom. The van der Waals surface area contributed by atoms with Crippen LogP contribution in [0, 0.1) is 0 Å². The molecule has 1 amide bonds. The summed E-state index contributed by atoms with van der Waals surface area (Å²) in [5.74, 6) is 1.11. The Balaban J connectivity index is 1.71. The summed E-state index contributed by atoms with van der Waals surface area (Å²) in [5.41, 5.74) is -0.525. The molecular weight excluding hydrogens is 322 g/mol. The van der Waals surface area contributed by atoms with Gasteiger partial charge in [-0.05, 0) is 25.9 Å². The lowest BCUT2D eigenvalue weighted by atomic mass is 9.96. The fraction of sp³-hybridized carbons (Fsp3) is 0.824. The third kappa shape index (κ3) is 4.19. The van der Waals surface area contributed by atoms with Crippen LogP contribution in [0.4, 0.5) is 0 Å². The molecule has 1 unspecified atom stereocenters. The lowest BCUT2D eigenvalue weighted by Crippen LogP contribution is -2.53. The number of ether oxygens (including phenoxy) is 1. The van der Waals surface area contributed by atoms with E-state index in [0.29, 0.717) is 31.4 Å². The topological polar surface area (TPSA) is 92.5 Å². The zero-order valence-electron chi connectivity index (χ0n) is 15.2. The lowest BCUT2D eigenvalue weighted by molar-refractivity contribution is -0.136. The van der Waals surface area contributed by atoms with E-state index in [1.165, 1.54) is 0 Å². The number of carbonyl (C=O) groups is 1. The molecule has 8 heteroatoms. The first kappa shape index (κ1) is 18.3. The van der Waals surface area contributed by atoms with Crippen LogP contribution in [0.5, 0.6) is 0 Å². The molecule has 0 spiro atoms. The second kappa shape index (κ2) is 8.25. The number of amides is 1. The number of nitrogens with one attached hydrogen (secondary N) is 2. The third-order valence-electron chi connectivity index (χ3n) is 5.19. The largest absolute Gasteiger partial charge is 0.366 e. The van der Waals surface area contributed by atoms with Crippen LogP contribution in [-0.2, 0) is 21.6 Å². The average Bonchev–Trinajstić information content (AvgIpc) is 3.30. The molecule has 1 aliphatic carbocycles. The van der Waals surface area contributed by atoms with E-state index in [2.05, 4.69) is 39.5 Å². The molecule has 25 heavy (non-hydrogen) atoms. The molecule has 1 atom stereocenters. The van der Waals surface area contributed by atoms with Gasteiger partial charge in [0.1, 0.15) is 11.6 Å². The number of morpholine rings is 1. The number of nitrogens with zero attached hydrogens (tertiary/aromatic N) is 3. The molecule has 0 aromatic carbocycles.